The molecule has 2 fully saturated rings. The van der Waals surface area contributed by atoms with Crippen molar-refractivity contribution in [2.75, 3.05) is 7.05 Å². The molecule has 0 aromatic carbocycles. The molecule has 0 radical (unpaired) electrons. The second-order valence-electron chi connectivity index (χ2n) is 8.18. The van der Waals surface area contributed by atoms with E-state index in [0.29, 0.717) is 6.04 Å². The van der Waals surface area contributed by atoms with Gasteiger partial charge in [0.25, 0.3) is 0 Å². The fourth-order valence-electron chi connectivity index (χ4n) is 4.01. The Morgan fingerprint density at radius 2 is 1.62 bits per heavy atom. The Morgan fingerprint density at radius 3 is 2.14 bits per heavy atom. The molecule has 0 aromatic rings. The molecule has 1 saturated carbocycles. The maximum Gasteiger partial charge on any atom is 0.244 e. The van der Waals surface area contributed by atoms with Gasteiger partial charge >= 0.3 is 0 Å². The first kappa shape index (κ1) is 16.5. The smallest absolute Gasteiger partial charge is 0.244 e. The molecule has 3 nitrogen and oxygen atoms in total. The molecule has 1 aliphatic carbocycles. The summed E-state index contributed by atoms with van der Waals surface area (Å²) in [6.45, 7) is 9.06. The van der Waals surface area contributed by atoms with Crippen molar-refractivity contribution in [2.45, 2.75) is 89.8 Å². The van der Waals surface area contributed by atoms with Crippen molar-refractivity contribution in [3.63, 3.8) is 0 Å². The first-order valence-corrected chi connectivity index (χ1v) is 8.45. The fraction of sp³-hybridized carbons (Fsp3) is 0.833. The lowest BCUT2D eigenvalue weighted by Crippen LogP contribution is -2.56. The topological polar surface area (TPSA) is 32.3 Å². The number of carbonyl (C=O) groups excluding carboxylic acids is 1. The second-order valence-corrected chi connectivity index (χ2v) is 8.18. The molecule has 0 aromatic heterocycles. The van der Waals surface area contributed by atoms with Gasteiger partial charge in [-0.3, -0.25) is 9.69 Å². The van der Waals surface area contributed by atoms with Gasteiger partial charge in [0, 0.05) is 23.2 Å². The maximum absolute atomic E-state index is 12.3. The Hall–Kier alpha value is -0.830. The van der Waals surface area contributed by atoms with Crippen molar-refractivity contribution in [3.05, 3.63) is 11.6 Å². The third-order valence-electron chi connectivity index (χ3n) is 5.42. The lowest BCUT2D eigenvalue weighted by molar-refractivity contribution is -0.117. The van der Waals surface area contributed by atoms with E-state index in [0.717, 1.165) is 25.7 Å². The van der Waals surface area contributed by atoms with E-state index in [4.69, 9.17) is 0 Å². The van der Waals surface area contributed by atoms with E-state index in [1.165, 1.54) is 24.8 Å². The van der Waals surface area contributed by atoms with E-state index in [1.807, 2.05) is 6.08 Å². The van der Waals surface area contributed by atoms with Crippen molar-refractivity contribution in [1.29, 1.82) is 0 Å². The first-order chi connectivity index (χ1) is 9.71. The van der Waals surface area contributed by atoms with Crippen molar-refractivity contribution in [3.8, 4) is 0 Å². The minimum Gasteiger partial charge on any atom is -0.350 e. The van der Waals surface area contributed by atoms with Crippen LogP contribution in [0.25, 0.3) is 0 Å². The van der Waals surface area contributed by atoms with Crippen molar-refractivity contribution >= 4 is 5.91 Å². The highest BCUT2D eigenvalue weighted by Gasteiger charge is 2.40. The Kier molecular flexibility index (Phi) is 4.82. The first-order valence-electron chi connectivity index (χ1n) is 8.45. The van der Waals surface area contributed by atoms with Gasteiger partial charge in [0.2, 0.25) is 5.91 Å². The Bertz CT molecular complexity index is 397. The molecular weight excluding hydrogens is 260 g/mol. The molecule has 1 amide bonds. The number of piperidine rings is 1. The Balaban J connectivity index is 2.01. The number of nitrogens with zero attached hydrogens (tertiary/aromatic N) is 1. The molecule has 3 heteroatoms. The van der Waals surface area contributed by atoms with Gasteiger partial charge in [-0.15, -0.1) is 0 Å². The van der Waals surface area contributed by atoms with Crippen LogP contribution in [0.2, 0.25) is 0 Å². The van der Waals surface area contributed by atoms with Gasteiger partial charge in [-0.2, -0.15) is 0 Å². The molecule has 0 spiro atoms. The summed E-state index contributed by atoms with van der Waals surface area (Å²) in [6, 6.07) is 0.399. The zero-order chi connectivity index (χ0) is 15.7. The summed E-state index contributed by atoms with van der Waals surface area (Å²) in [5.41, 5.74) is 1.51. The summed E-state index contributed by atoms with van der Waals surface area (Å²) in [5.74, 6) is 0.119. The van der Waals surface area contributed by atoms with Crippen LogP contribution in [0, 0.1) is 0 Å². The van der Waals surface area contributed by atoms with Crippen LogP contribution in [-0.2, 0) is 4.79 Å². The number of rotatable bonds is 2. The average Bonchev–Trinajstić information content (AvgIpc) is 2.36. The van der Waals surface area contributed by atoms with Crippen molar-refractivity contribution < 1.29 is 4.79 Å². The van der Waals surface area contributed by atoms with Gasteiger partial charge in [-0.05, 0) is 60.4 Å². The summed E-state index contributed by atoms with van der Waals surface area (Å²) in [7, 11) is 2.19. The van der Waals surface area contributed by atoms with E-state index in [1.54, 1.807) is 0 Å². The SMILES string of the molecule is CN1C(C)(C)CC(=CC(=O)NC2CCCCC2)CC1(C)C. The zero-order valence-corrected chi connectivity index (χ0v) is 14.5. The maximum atomic E-state index is 12.3. The Labute approximate surface area is 130 Å². The van der Waals surface area contributed by atoms with Crippen LogP contribution in [0.1, 0.15) is 72.6 Å². The van der Waals surface area contributed by atoms with Gasteiger partial charge in [0.05, 0.1) is 0 Å². The van der Waals surface area contributed by atoms with Gasteiger partial charge < -0.3 is 5.32 Å². The van der Waals surface area contributed by atoms with Gasteiger partial charge in [0.1, 0.15) is 0 Å². The lowest BCUT2D eigenvalue weighted by atomic mass is 9.77. The average molecular weight is 292 g/mol. The van der Waals surface area contributed by atoms with Gasteiger partial charge in [-0.1, -0.05) is 24.8 Å². The standard InChI is InChI=1S/C18H32N2O/c1-17(2)12-14(13-18(3,4)20(17)5)11-16(21)19-15-9-7-6-8-10-15/h11,15H,6-10,12-13H2,1-5H3,(H,19,21). The highest BCUT2D eigenvalue weighted by atomic mass is 16.1. The Morgan fingerprint density at radius 1 is 1.10 bits per heavy atom. The lowest BCUT2D eigenvalue weighted by Gasteiger charge is -2.51. The molecule has 2 rings (SSSR count). The number of hydrogen-bond donors (Lipinski definition) is 1. The van der Waals surface area contributed by atoms with E-state index >= 15 is 0 Å². The van der Waals surface area contributed by atoms with Crippen LogP contribution in [0.4, 0.5) is 0 Å². The largest absolute Gasteiger partial charge is 0.350 e. The molecule has 2 aliphatic rings. The van der Waals surface area contributed by atoms with Crippen LogP contribution in [0.3, 0.4) is 0 Å². The van der Waals surface area contributed by atoms with Gasteiger partial charge in [-0.25, -0.2) is 0 Å². The third-order valence-corrected chi connectivity index (χ3v) is 5.42. The highest BCUT2D eigenvalue weighted by molar-refractivity contribution is 5.88. The molecule has 120 valence electrons. The molecule has 0 bridgehead atoms. The third kappa shape index (κ3) is 4.09. The van der Waals surface area contributed by atoms with Gasteiger partial charge in [0.15, 0.2) is 0 Å². The van der Waals surface area contributed by atoms with E-state index in [2.05, 4.69) is 45.0 Å². The summed E-state index contributed by atoms with van der Waals surface area (Å²) >= 11 is 0. The van der Waals surface area contributed by atoms with Crippen LogP contribution in [0.5, 0.6) is 0 Å². The highest BCUT2D eigenvalue weighted by Crippen LogP contribution is 2.39. The predicted molar refractivity (Wildman–Crippen MR) is 88.3 cm³/mol. The number of carbonyl (C=O) groups is 1. The molecule has 0 unspecified atom stereocenters. The van der Waals surface area contributed by atoms with Crippen LogP contribution in [0.15, 0.2) is 11.6 Å². The zero-order valence-electron chi connectivity index (χ0n) is 14.5. The minimum absolute atomic E-state index is 0.110. The quantitative estimate of drug-likeness (QED) is 0.788. The van der Waals surface area contributed by atoms with E-state index in [9.17, 15) is 4.79 Å². The molecule has 0 atom stereocenters. The number of amides is 1. The molecule has 1 heterocycles. The second kappa shape index (κ2) is 6.12. The predicted octanol–water partition coefficient (Wildman–Crippen LogP) is 3.64. The monoisotopic (exact) mass is 292 g/mol. The normalized spacial score (nSPS) is 26.4. The van der Waals surface area contributed by atoms with Crippen molar-refractivity contribution in [1.82, 2.24) is 10.2 Å². The molecule has 1 saturated heterocycles. The fourth-order valence-corrected chi connectivity index (χ4v) is 4.01. The van der Waals surface area contributed by atoms with E-state index in [-0.39, 0.29) is 17.0 Å². The van der Waals surface area contributed by atoms with Crippen LogP contribution in [-0.4, -0.2) is 35.0 Å². The molecule has 21 heavy (non-hydrogen) atoms. The molecular formula is C18H32N2O. The summed E-state index contributed by atoms with van der Waals surface area (Å²) in [6.07, 6.45) is 9.96. The molecule has 1 aliphatic heterocycles. The van der Waals surface area contributed by atoms with Crippen LogP contribution >= 0.6 is 0 Å². The number of hydrogen-bond acceptors (Lipinski definition) is 2. The van der Waals surface area contributed by atoms with Crippen LogP contribution < -0.4 is 5.32 Å². The number of likely N-dealkylation sites (tertiary alicyclic amines) is 1. The minimum atomic E-state index is 0.110. The summed E-state index contributed by atoms with van der Waals surface area (Å²) in [5, 5.41) is 3.20. The van der Waals surface area contributed by atoms with E-state index < -0.39 is 0 Å². The summed E-state index contributed by atoms with van der Waals surface area (Å²) in [4.78, 5) is 14.7. The van der Waals surface area contributed by atoms with Crippen molar-refractivity contribution in [2.24, 2.45) is 0 Å². The summed E-state index contributed by atoms with van der Waals surface area (Å²) < 4.78 is 0. The molecule has 1 N–H and O–H groups in total. The number of nitrogens with one attached hydrogen (secondary N) is 1.